The molecule has 0 unspecified atom stereocenters. The van der Waals surface area contributed by atoms with Crippen LogP contribution < -0.4 is 5.43 Å². The summed E-state index contributed by atoms with van der Waals surface area (Å²) in [5.41, 5.74) is 4.07. The summed E-state index contributed by atoms with van der Waals surface area (Å²) in [4.78, 5) is 22.5. The number of hydrazone groups is 1. The Hall–Kier alpha value is -3.52. The molecule has 2 N–H and O–H groups in total. The molecule has 0 aliphatic heterocycles. The molecule has 0 atom stereocenters. The van der Waals surface area contributed by atoms with Gasteiger partial charge in [-0.15, -0.1) is 0 Å². The Bertz CT molecular complexity index is 999. The van der Waals surface area contributed by atoms with Gasteiger partial charge in [-0.05, 0) is 12.1 Å². The number of hydrogen-bond acceptors (Lipinski definition) is 5. The van der Waals surface area contributed by atoms with E-state index < -0.39 is 10.8 Å². The normalized spacial score (nSPS) is 10.8. The highest BCUT2D eigenvalue weighted by Gasteiger charge is 2.13. The number of nitrogens with zero attached hydrogens (tertiary/aromatic N) is 3. The van der Waals surface area contributed by atoms with Gasteiger partial charge < -0.3 is 0 Å². The molecule has 0 saturated heterocycles. The molecule has 130 valence electrons. The van der Waals surface area contributed by atoms with Crippen molar-refractivity contribution in [1.82, 2.24) is 15.6 Å². The lowest BCUT2D eigenvalue weighted by Crippen LogP contribution is -2.18. The van der Waals surface area contributed by atoms with Crippen molar-refractivity contribution in [3.8, 4) is 11.3 Å². The maximum Gasteiger partial charge on any atom is 0.289 e. The Morgan fingerprint density at radius 1 is 1.23 bits per heavy atom. The van der Waals surface area contributed by atoms with E-state index >= 15 is 0 Å². The van der Waals surface area contributed by atoms with E-state index in [1.807, 2.05) is 0 Å². The average Bonchev–Trinajstić information content (AvgIpc) is 3.13. The number of non-ortho nitro benzene ring substituents is 1. The minimum absolute atomic E-state index is 0.0548. The van der Waals surface area contributed by atoms with Crippen molar-refractivity contribution >= 4 is 29.4 Å². The standard InChI is InChI=1S/C17H12ClN5O3/c18-14-7-2-1-4-12(14)10-19-22-17(24)16-9-15(20-21-16)11-5-3-6-13(8-11)23(25)26/h1-10H,(H,20,21)(H,22,24)/b19-10+. The minimum atomic E-state index is -0.502. The van der Waals surface area contributed by atoms with Crippen LogP contribution in [0.3, 0.4) is 0 Å². The molecule has 1 heterocycles. The van der Waals surface area contributed by atoms with Gasteiger partial charge in [-0.2, -0.15) is 10.2 Å². The van der Waals surface area contributed by atoms with E-state index in [1.165, 1.54) is 24.4 Å². The molecule has 3 aromatic rings. The van der Waals surface area contributed by atoms with Gasteiger partial charge in [0.1, 0.15) is 5.69 Å². The molecule has 0 aliphatic rings. The third kappa shape index (κ3) is 3.93. The Morgan fingerprint density at radius 2 is 2.04 bits per heavy atom. The first-order valence-corrected chi connectivity index (χ1v) is 7.80. The molecular formula is C17H12ClN5O3. The summed E-state index contributed by atoms with van der Waals surface area (Å²) >= 11 is 5.99. The molecule has 1 aromatic heterocycles. The second kappa shape index (κ2) is 7.58. The molecule has 0 spiro atoms. The van der Waals surface area contributed by atoms with E-state index in [4.69, 9.17) is 11.6 Å². The molecule has 0 aliphatic carbocycles. The third-order valence-corrected chi connectivity index (χ3v) is 3.79. The number of H-pyrrole nitrogens is 1. The van der Waals surface area contributed by atoms with Crippen molar-refractivity contribution < 1.29 is 9.72 Å². The number of carbonyl (C=O) groups excluding carboxylic acids is 1. The number of rotatable bonds is 5. The Labute approximate surface area is 152 Å². The lowest BCUT2D eigenvalue weighted by Gasteiger charge is -1.97. The first kappa shape index (κ1) is 17.3. The second-order valence-corrected chi connectivity index (χ2v) is 5.60. The van der Waals surface area contributed by atoms with Crippen molar-refractivity contribution in [2.45, 2.75) is 0 Å². The molecule has 2 aromatic carbocycles. The fourth-order valence-electron chi connectivity index (χ4n) is 2.17. The van der Waals surface area contributed by atoms with Crippen molar-refractivity contribution in [1.29, 1.82) is 0 Å². The van der Waals surface area contributed by atoms with E-state index in [2.05, 4.69) is 20.7 Å². The molecule has 8 nitrogen and oxygen atoms in total. The molecule has 26 heavy (non-hydrogen) atoms. The fourth-order valence-corrected chi connectivity index (χ4v) is 2.35. The molecule has 9 heteroatoms. The van der Waals surface area contributed by atoms with Crippen LogP contribution in [0.5, 0.6) is 0 Å². The Morgan fingerprint density at radius 3 is 2.81 bits per heavy atom. The average molecular weight is 370 g/mol. The number of hydrogen-bond donors (Lipinski definition) is 2. The lowest BCUT2D eigenvalue weighted by molar-refractivity contribution is -0.384. The van der Waals surface area contributed by atoms with E-state index in [9.17, 15) is 14.9 Å². The zero-order valence-electron chi connectivity index (χ0n) is 13.2. The second-order valence-electron chi connectivity index (χ2n) is 5.19. The van der Waals surface area contributed by atoms with E-state index in [0.29, 0.717) is 21.8 Å². The summed E-state index contributed by atoms with van der Waals surface area (Å²) in [5, 5.41) is 21.8. The van der Waals surface area contributed by atoms with Gasteiger partial charge in [-0.1, -0.05) is 41.9 Å². The number of benzene rings is 2. The van der Waals surface area contributed by atoms with Crippen LogP contribution in [-0.4, -0.2) is 27.2 Å². The third-order valence-electron chi connectivity index (χ3n) is 3.45. The van der Waals surface area contributed by atoms with Crippen LogP contribution in [0.1, 0.15) is 16.1 Å². The van der Waals surface area contributed by atoms with Crippen LogP contribution in [-0.2, 0) is 0 Å². The number of aromatic nitrogens is 2. The highest BCUT2D eigenvalue weighted by atomic mass is 35.5. The molecule has 0 bridgehead atoms. The number of nitro groups is 1. The van der Waals surface area contributed by atoms with Crippen LogP contribution in [0.4, 0.5) is 5.69 Å². The monoisotopic (exact) mass is 369 g/mol. The van der Waals surface area contributed by atoms with E-state index in [0.717, 1.165) is 0 Å². The van der Waals surface area contributed by atoms with E-state index in [1.54, 1.807) is 36.4 Å². The smallest absolute Gasteiger partial charge is 0.272 e. The Kier molecular flexibility index (Phi) is 5.04. The maximum absolute atomic E-state index is 12.1. The van der Waals surface area contributed by atoms with Gasteiger partial charge in [0.2, 0.25) is 0 Å². The molecular weight excluding hydrogens is 358 g/mol. The van der Waals surface area contributed by atoms with Gasteiger partial charge in [0.05, 0.1) is 16.8 Å². The highest BCUT2D eigenvalue weighted by Crippen LogP contribution is 2.22. The summed E-state index contributed by atoms with van der Waals surface area (Å²) < 4.78 is 0. The molecule has 0 saturated carbocycles. The van der Waals surface area contributed by atoms with Gasteiger partial charge in [-0.3, -0.25) is 20.0 Å². The summed E-state index contributed by atoms with van der Waals surface area (Å²) in [6, 6.07) is 14.5. The number of nitro benzene ring substituents is 1. The van der Waals surface area contributed by atoms with Gasteiger partial charge in [0.25, 0.3) is 11.6 Å². The first-order chi connectivity index (χ1) is 12.5. The molecule has 3 rings (SSSR count). The van der Waals surface area contributed by atoms with Crippen molar-refractivity contribution in [2.24, 2.45) is 5.10 Å². The van der Waals surface area contributed by atoms with Gasteiger partial charge in [0.15, 0.2) is 0 Å². The number of nitrogens with one attached hydrogen (secondary N) is 2. The lowest BCUT2D eigenvalue weighted by atomic mass is 10.1. The summed E-state index contributed by atoms with van der Waals surface area (Å²) in [6.07, 6.45) is 1.43. The van der Waals surface area contributed by atoms with Crippen molar-refractivity contribution in [3.63, 3.8) is 0 Å². The zero-order valence-corrected chi connectivity index (χ0v) is 14.0. The quantitative estimate of drug-likeness (QED) is 0.407. The summed E-state index contributed by atoms with van der Waals surface area (Å²) in [5.74, 6) is -0.502. The largest absolute Gasteiger partial charge is 0.289 e. The predicted octanol–water partition coefficient (Wildman–Crippen LogP) is 3.40. The number of halogens is 1. The highest BCUT2D eigenvalue weighted by molar-refractivity contribution is 6.33. The van der Waals surface area contributed by atoms with Gasteiger partial charge in [0, 0.05) is 28.3 Å². The summed E-state index contributed by atoms with van der Waals surface area (Å²) in [6.45, 7) is 0. The van der Waals surface area contributed by atoms with E-state index in [-0.39, 0.29) is 11.4 Å². The van der Waals surface area contributed by atoms with Crippen LogP contribution in [0.25, 0.3) is 11.3 Å². The van der Waals surface area contributed by atoms with Crippen molar-refractivity contribution in [2.75, 3.05) is 0 Å². The number of aromatic amines is 1. The first-order valence-electron chi connectivity index (χ1n) is 7.43. The predicted molar refractivity (Wildman–Crippen MR) is 97.2 cm³/mol. The van der Waals surface area contributed by atoms with Crippen LogP contribution in [0.15, 0.2) is 59.7 Å². The molecule has 0 radical (unpaired) electrons. The van der Waals surface area contributed by atoms with Gasteiger partial charge in [-0.25, -0.2) is 5.43 Å². The summed E-state index contributed by atoms with van der Waals surface area (Å²) in [7, 11) is 0. The molecule has 1 amide bonds. The number of carbonyl (C=O) groups is 1. The fraction of sp³-hybridized carbons (Fsp3) is 0. The van der Waals surface area contributed by atoms with Crippen LogP contribution in [0, 0.1) is 10.1 Å². The topological polar surface area (TPSA) is 113 Å². The number of amides is 1. The maximum atomic E-state index is 12.1. The zero-order chi connectivity index (χ0) is 18.5. The van der Waals surface area contributed by atoms with Crippen molar-refractivity contribution in [3.05, 3.63) is 81.0 Å². The van der Waals surface area contributed by atoms with Crippen LogP contribution in [0.2, 0.25) is 5.02 Å². The Balaban J connectivity index is 1.71. The molecule has 0 fully saturated rings. The van der Waals surface area contributed by atoms with Crippen LogP contribution >= 0.6 is 11.6 Å². The van der Waals surface area contributed by atoms with Gasteiger partial charge >= 0.3 is 0 Å². The minimum Gasteiger partial charge on any atom is -0.272 e. The SMILES string of the molecule is O=C(N/N=C/c1ccccc1Cl)c1cc(-c2cccc([N+](=O)[O-])c2)n[nH]1.